The molecule has 0 amide bonds. The van der Waals surface area contributed by atoms with Crippen LogP contribution < -0.4 is 5.73 Å². The summed E-state index contributed by atoms with van der Waals surface area (Å²) in [7, 11) is -7.08. The third-order valence-electron chi connectivity index (χ3n) is 3.41. The highest BCUT2D eigenvalue weighted by Crippen LogP contribution is 2.24. The average molecular weight is 336 g/mol. The Labute approximate surface area is 123 Å². The van der Waals surface area contributed by atoms with Crippen molar-refractivity contribution in [1.82, 2.24) is 4.31 Å². The van der Waals surface area contributed by atoms with Crippen molar-refractivity contribution in [2.75, 3.05) is 30.3 Å². The number of aryl methyl sites for hydroxylation is 1. The first kappa shape index (κ1) is 16.2. The number of nitrogens with zero attached hydrogens (tertiary/aromatic N) is 1. The molecule has 0 radical (unpaired) electrons. The van der Waals surface area contributed by atoms with E-state index >= 15 is 0 Å². The van der Waals surface area contributed by atoms with Gasteiger partial charge in [-0.15, -0.1) is 0 Å². The first-order chi connectivity index (χ1) is 9.63. The highest BCUT2D eigenvalue weighted by molar-refractivity contribution is 7.91. The molecule has 1 aromatic carbocycles. The zero-order valence-electron chi connectivity index (χ0n) is 11.5. The standard InChI is InChI=1S/C12H17FN2O4S2/c1-9-7-10(8-11(14)12(9)13)21(18,19)15-3-2-5-20(16,17)6-4-15/h7-8H,2-6,14H2,1H3. The maximum Gasteiger partial charge on any atom is 0.243 e. The Bertz CT molecular complexity index is 736. The second-order valence-electron chi connectivity index (χ2n) is 5.05. The van der Waals surface area contributed by atoms with E-state index in [9.17, 15) is 21.2 Å². The number of nitrogens with two attached hydrogens (primary N) is 1. The molecule has 1 heterocycles. The molecule has 1 aliphatic heterocycles. The third kappa shape index (κ3) is 3.35. The second kappa shape index (κ2) is 5.54. The van der Waals surface area contributed by atoms with Crippen LogP contribution in [-0.4, -0.2) is 45.7 Å². The molecule has 0 aliphatic carbocycles. The summed E-state index contributed by atoms with van der Waals surface area (Å²) in [6, 6.07) is 2.28. The minimum atomic E-state index is -3.88. The average Bonchev–Trinajstić information content (AvgIpc) is 2.56. The number of halogens is 1. The Morgan fingerprint density at radius 2 is 1.90 bits per heavy atom. The zero-order valence-corrected chi connectivity index (χ0v) is 13.2. The molecule has 0 atom stereocenters. The Balaban J connectivity index is 2.38. The molecule has 0 aromatic heterocycles. The molecule has 21 heavy (non-hydrogen) atoms. The van der Waals surface area contributed by atoms with Gasteiger partial charge >= 0.3 is 0 Å². The number of hydrogen-bond acceptors (Lipinski definition) is 5. The molecule has 1 saturated heterocycles. The monoisotopic (exact) mass is 336 g/mol. The van der Waals surface area contributed by atoms with Crippen molar-refractivity contribution in [3.8, 4) is 0 Å². The van der Waals surface area contributed by atoms with Crippen molar-refractivity contribution in [2.45, 2.75) is 18.2 Å². The molecular weight excluding hydrogens is 319 g/mol. The maximum absolute atomic E-state index is 13.5. The Morgan fingerprint density at radius 3 is 2.52 bits per heavy atom. The molecule has 6 nitrogen and oxygen atoms in total. The van der Waals surface area contributed by atoms with Crippen molar-refractivity contribution < 1.29 is 21.2 Å². The normalized spacial score (nSPS) is 20.1. The Morgan fingerprint density at radius 1 is 1.24 bits per heavy atom. The van der Waals surface area contributed by atoms with Gasteiger partial charge in [0.25, 0.3) is 0 Å². The predicted octanol–water partition coefficient (Wildman–Crippen LogP) is 0.526. The third-order valence-corrected chi connectivity index (χ3v) is 7.00. The summed E-state index contributed by atoms with van der Waals surface area (Å²) in [6.45, 7) is 1.45. The lowest BCUT2D eigenvalue weighted by molar-refractivity contribution is 0.434. The lowest BCUT2D eigenvalue weighted by Crippen LogP contribution is -2.33. The van der Waals surface area contributed by atoms with E-state index in [2.05, 4.69) is 0 Å². The van der Waals surface area contributed by atoms with Crippen molar-refractivity contribution in [3.63, 3.8) is 0 Å². The number of nitrogen functional groups attached to an aromatic ring is 1. The zero-order chi connectivity index (χ0) is 15.8. The SMILES string of the molecule is Cc1cc(S(=O)(=O)N2CCCS(=O)(=O)CC2)cc(N)c1F. The van der Waals surface area contributed by atoms with E-state index in [0.29, 0.717) is 0 Å². The van der Waals surface area contributed by atoms with Crippen LogP contribution in [0.1, 0.15) is 12.0 Å². The summed E-state index contributed by atoms with van der Waals surface area (Å²) >= 11 is 0. The smallest absolute Gasteiger partial charge is 0.243 e. The number of anilines is 1. The summed E-state index contributed by atoms with van der Waals surface area (Å²) in [5.74, 6) is -0.877. The predicted molar refractivity (Wildman–Crippen MR) is 77.6 cm³/mol. The summed E-state index contributed by atoms with van der Waals surface area (Å²) in [6.07, 6.45) is 0.247. The molecule has 118 valence electrons. The van der Waals surface area contributed by atoms with E-state index in [1.807, 2.05) is 0 Å². The van der Waals surface area contributed by atoms with Crippen LogP contribution in [-0.2, 0) is 19.9 Å². The molecular formula is C12H17FN2O4S2. The first-order valence-electron chi connectivity index (χ1n) is 6.40. The van der Waals surface area contributed by atoms with Crippen LogP contribution in [0.4, 0.5) is 10.1 Å². The summed E-state index contributed by atoms with van der Waals surface area (Å²) in [5, 5.41) is 0. The highest BCUT2D eigenvalue weighted by atomic mass is 32.2. The van der Waals surface area contributed by atoms with E-state index in [0.717, 1.165) is 10.4 Å². The molecule has 1 aliphatic rings. The minimum absolute atomic E-state index is 0.0242. The molecule has 0 bridgehead atoms. The number of rotatable bonds is 2. The Hall–Kier alpha value is -1.19. The van der Waals surface area contributed by atoms with E-state index in [4.69, 9.17) is 5.73 Å². The van der Waals surface area contributed by atoms with Crippen molar-refractivity contribution in [3.05, 3.63) is 23.5 Å². The van der Waals surface area contributed by atoms with Crippen molar-refractivity contribution >= 4 is 25.5 Å². The van der Waals surface area contributed by atoms with Gasteiger partial charge in [0.1, 0.15) is 5.82 Å². The van der Waals surface area contributed by atoms with Crippen LogP contribution in [0.2, 0.25) is 0 Å². The molecule has 9 heteroatoms. The molecule has 2 rings (SSSR count). The van der Waals surface area contributed by atoms with Gasteiger partial charge in [0, 0.05) is 13.1 Å². The van der Waals surface area contributed by atoms with Crippen LogP contribution in [0.15, 0.2) is 17.0 Å². The van der Waals surface area contributed by atoms with Gasteiger partial charge in [-0.2, -0.15) is 4.31 Å². The van der Waals surface area contributed by atoms with E-state index in [-0.39, 0.29) is 47.2 Å². The lowest BCUT2D eigenvalue weighted by Gasteiger charge is -2.20. The summed E-state index contributed by atoms with van der Waals surface area (Å²) < 4.78 is 62.7. The van der Waals surface area contributed by atoms with Crippen LogP contribution in [0.3, 0.4) is 0 Å². The van der Waals surface area contributed by atoms with Crippen LogP contribution in [0, 0.1) is 12.7 Å². The largest absolute Gasteiger partial charge is 0.396 e. The van der Waals surface area contributed by atoms with Crippen molar-refractivity contribution in [2.24, 2.45) is 0 Å². The topological polar surface area (TPSA) is 97.5 Å². The number of sulfone groups is 1. The van der Waals surface area contributed by atoms with Gasteiger partial charge in [-0.05, 0) is 31.0 Å². The van der Waals surface area contributed by atoms with Gasteiger partial charge in [0.15, 0.2) is 9.84 Å². The molecule has 0 spiro atoms. The molecule has 0 saturated carbocycles. The second-order valence-corrected chi connectivity index (χ2v) is 9.29. The lowest BCUT2D eigenvalue weighted by atomic mass is 10.2. The van der Waals surface area contributed by atoms with Gasteiger partial charge < -0.3 is 5.73 Å². The molecule has 1 fully saturated rings. The molecule has 2 N–H and O–H groups in total. The molecule has 0 unspecified atom stereocenters. The van der Waals surface area contributed by atoms with E-state index in [1.165, 1.54) is 13.0 Å². The fourth-order valence-corrected chi connectivity index (χ4v) is 5.20. The van der Waals surface area contributed by atoms with Crippen LogP contribution in [0.25, 0.3) is 0 Å². The van der Waals surface area contributed by atoms with Gasteiger partial charge in [-0.1, -0.05) is 0 Å². The van der Waals surface area contributed by atoms with Gasteiger partial charge in [0.05, 0.1) is 22.1 Å². The summed E-state index contributed by atoms with van der Waals surface area (Å²) in [4.78, 5) is -0.113. The number of hydrogen-bond donors (Lipinski definition) is 1. The van der Waals surface area contributed by atoms with E-state index < -0.39 is 25.7 Å². The Kier molecular flexibility index (Phi) is 4.27. The van der Waals surface area contributed by atoms with E-state index in [1.54, 1.807) is 0 Å². The fraction of sp³-hybridized carbons (Fsp3) is 0.500. The molecule has 1 aromatic rings. The van der Waals surface area contributed by atoms with Gasteiger partial charge in [-0.25, -0.2) is 21.2 Å². The number of benzene rings is 1. The highest BCUT2D eigenvalue weighted by Gasteiger charge is 2.29. The number of sulfonamides is 1. The van der Waals surface area contributed by atoms with Gasteiger partial charge in [-0.3, -0.25) is 0 Å². The van der Waals surface area contributed by atoms with Crippen LogP contribution >= 0.6 is 0 Å². The van der Waals surface area contributed by atoms with Crippen LogP contribution in [0.5, 0.6) is 0 Å². The fourth-order valence-electron chi connectivity index (χ4n) is 2.22. The first-order valence-corrected chi connectivity index (χ1v) is 9.66. The summed E-state index contributed by atoms with van der Waals surface area (Å²) in [5.41, 5.74) is 5.36. The minimum Gasteiger partial charge on any atom is -0.396 e. The van der Waals surface area contributed by atoms with Gasteiger partial charge in [0.2, 0.25) is 10.0 Å². The quantitative estimate of drug-likeness (QED) is 0.794. The van der Waals surface area contributed by atoms with Crippen molar-refractivity contribution in [1.29, 1.82) is 0 Å². The maximum atomic E-state index is 13.5.